The largest absolute Gasteiger partial charge is 0.458 e. The average Bonchev–Trinajstić information content (AvgIpc) is 2.80. The van der Waals surface area contributed by atoms with Crippen LogP contribution >= 0.6 is 0 Å². The van der Waals surface area contributed by atoms with Gasteiger partial charge in [-0.05, 0) is 17.5 Å². The lowest BCUT2D eigenvalue weighted by Crippen LogP contribution is -2.45. The fourth-order valence-corrected chi connectivity index (χ4v) is 2.99. The number of benzene rings is 1. The van der Waals surface area contributed by atoms with Crippen LogP contribution in [-0.2, 0) is 20.7 Å². The predicted octanol–water partition coefficient (Wildman–Crippen LogP) is 1.16. The Bertz CT molecular complexity index is 429. The molecule has 2 atom stereocenters. The maximum absolute atomic E-state index is 10.7. The molecule has 0 radical (unpaired) electrons. The van der Waals surface area contributed by atoms with Crippen molar-refractivity contribution in [1.82, 2.24) is 4.90 Å². The molecule has 1 aromatic carbocycles. The molecule has 1 aliphatic heterocycles. The fraction of sp³-hybridized carbons (Fsp3) is 0.500. The number of rotatable bonds is 3. The zero-order valence-corrected chi connectivity index (χ0v) is 10.2. The van der Waals surface area contributed by atoms with Crippen LogP contribution in [0.25, 0.3) is 0 Å². The molecule has 0 N–H and O–H groups in total. The van der Waals surface area contributed by atoms with Crippen LogP contribution in [0.5, 0.6) is 0 Å². The second-order valence-electron chi connectivity index (χ2n) is 4.77. The van der Waals surface area contributed by atoms with Crippen molar-refractivity contribution in [3.63, 3.8) is 0 Å². The molecule has 2 aliphatic rings. The molecule has 4 nitrogen and oxygen atoms in total. The van der Waals surface area contributed by atoms with Crippen molar-refractivity contribution in [1.29, 1.82) is 0 Å². The summed E-state index contributed by atoms with van der Waals surface area (Å²) < 4.78 is 10.7. The quantitative estimate of drug-likeness (QED) is 0.751. The monoisotopic (exact) mass is 247 g/mol. The first-order chi connectivity index (χ1) is 8.90. The second kappa shape index (κ2) is 5.08. The van der Waals surface area contributed by atoms with Crippen LogP contribution in [0.15, 0.2) is 24.3 Å². The lowest BCUT2D eigenvalue weighted by Gasteiger charge is -2.34. The van der Waals surface area contributed by atoms with Gasteiger partial charge in [-0.2, -0.15) is 0 Å². The molecule has 0 saturated carbocycles. The van der Waals surface area contributed by atoms with Crippen molar-refractivity contribution in [2.24, 2.45) is 0 Å². The molecule has 1 fully saturated rings. The van der Waals surface area contributed by atoms with Crippen LogP contribution < -0.4 is 0 Å². The minimum atomic E-state index is -0.128. The number of hydrogen-bond donors (Lipinski definition) is 0. The van der Waals surface area contributed by atoms with Crippen molar-refractivity contribution in [3.8, 4) is 0 Å². The first kappa shape index (κ1) is 11.7. The summed E-state index contributed by atoms with van der Waals surface area (Å²) in [4.78, 5) is 13.1. The first-order valence-corrected chi connectivity index (χ1v) is 6.39. The molecule has 0 bridgehead atoms. The highest BCUT2D eigenvalue weighted by Crippen LogP contribution is 2.36. The minimum absolute atomic E-state index is 0.128. The summed E-state index contributed by atoms with van der Waals surface area (Å²) in [6.45, 7) is 3.93. The summed E-state index contributed by atoms with van der Waals surface area (Å²) in [7, 11) is 0. The van der Waals surface area contributed by atoms with Crippen LogP contribution in [-0.4, -0.2) is 43.7 Å². The number of carbonyl (C=O) groups excluding carboxylic acids is 1. The predicted molar refractivity (Wildman–Crippen MR) is 66.2 cm³/mol. The Hall–Kier alpha value is -1.39. The van der Waals surface area contributed by atoms with Gasteiger partial charge >= 0.3 is 0 Å². The molecule has 0 spiro atoms. The third-order valence-corrected chi connectivity index (χ3v) is 3.86. The van der Waals surface area contributed by atoms with Gasteiger partial charge < -0.3 is 9.47 Å². The molecule has 0 amide bonds. The van der Waals surface area contributed by atoms with E-state index in [0.29, 0.717) is 6.47 Å². The molecule has 1 heterocycles. The van der Waals surface area contributed by atoms with E-state index in [9.17, 15) is 4.79 Å². The van der Waals surface area contributed by atoms with Crippen LogP contribution in [0.2, 0.25) is 0 Å². The Balaban J connectivity index is 1.85. The third kappa shape index (κ3) is 2.02. The SMILES string of the molecule is O=COC1c2ccccc2CC1N1CCOCC1. The maximum Gasteiger partial charge on any atom is 0.293 e. The molecule has 0 aromatic heterocycles. The third-order valence-electron chi connectivity index (χ3n) is 3.86. The zero-order valence-electron chi connectivity index (χ0n) is 10.2. The van der Waals surface area contributed by atoms with Gasteiger partial charge in [-0.25, -0.2) is 0 Å². The van der Waals surface area contributed by atoms with Gasteiger partial charge in [0, 0.05) is 13.1 Å². The summed E-state index contributed by atoms with van der Waals surface area (Å²) in [6.07, 6.45) is 0.825. The summed E-state index contributed by atoms with van der Waals surface area (Å²) in [6, 6.07) is 8.48. The van der Waals surface area contributed by atoms with E-state index in [0.717, 1.165) is 38.3 Å². The molecule has 4 heteroatoms. The van der Waals surface area contributed by atoms with Gasteiger partial charge in [-0.3, -0.25) is 9.69 Å². The summed E-state index contributed by atoms with van der Waals surface area (Å²) in [5.41, 5.74) is 2.45. The Kier molecular flexibility index (Phi) is 3.30. The highest BCUT2D eigenvalue weighted by Gasteiger charge is 2.37. The van der Waals surface area contributed by atoms with E-state index in [-0.39, 0.29) is 12.1 Å². The normalized spacial score (nSPS) is 27.8. The van der Waals surface area contributed by atoms with E-state index in [4.69, 9.17) is 9.47 Å². The Morgan fingerprint density at radius 2 is 2.06 bits per heavy atom. The highest BCUT2D eigenvalue weighted by molar-refractivity contribution is 5.43. The Morgan fingerprint density at radius 1 is 1.28 bits per heavy atom. The number of ether oxygens (including phenoxy) is 2. The lowest BCUT2D eigenvalue weighted by atomic mass is 10.1. The van der Waals surface area contributed by atoms with Crippen molar-refractivity contribution < 1.29 is 14.3 Å². The standard InChI is InChI=1S/C14H17NO3/c16-10-18-14-12-4-2-1-3-11(12)9-13(14)15-5-7-17-8-6-15/h1-4,10,13-14H,5-9H2. The molecule has 1 saturated heterocycles. The van der Waals surface area contributed by atoms with Crippen LogP contribution in [0.3, 0.4) is 0 Å². The summed E-state index contributed by atoms with van der Waals surface area (Å²) in [5.74, 6) is 0. The smallest absolute Gasteiger partial charge is 0.293 e. The molecule has 18 heavy (non-hydrogen) atoms. The molecule has 2 unspecified atom stereocenters. The van der Waals surface area contributed by atoms with E-state index in [1.54, 1.807) is 0 Å². The average molecular weight is 247 g/mol. The summed E-state index contributed by atoms with van der Waals surface area (Å²) in [5, 5.41) is 0. The number of carbonyl (C=O) groups is 1. The lowest BCUT2D eigenvalue weighted by molar-refractivity contribution is -0.138. The molecule has 1 aromatic rings. The van der Waals surface area contributed by atoms with E-state index in [1.807, 2.05) is 12.1 Å². The molecule has 3 rings (SSSR count). The first-order valence-electron chi connectivity index (χ1n) is 6.39. The Labute approximate surface area is 106 Å². The number of hydrogen-bond acceptors (Lipinski definition) is 4. The minimum Gasteiger partial charge on any atom is -0.458 e. The second-order valence-corrected chi connectivity index (χ2v) is 4.77. The summed E-state index contributed by atoms with van der Waals surface area (Å²) >= 11 is 0. The van der Waals surface area contributed by atoms with Crippen molar-refractivity contribution in [2.75, 3.05) is 26.3 Å². The molecular weight excluding hydrogens is 230 g/mol. The van der Waals surface area contributed by atoms with E-state index in [2.05, 4.69) is 17.0 Å². The molecular formula is C14H17NO3. The zero-order chi connectivity index (χ0) is 12.4. The van der Waals surface area contributed by atoms with Crippen molar-refractivity contribution in [3.05, 3.63) is 35.4 Å². The van der Waals surface area contributed by atoms with E-state index >= 15 is 0 Å². The van der Waals surface area contributed by atoms with Gasteiger partial charge in [0.15, 0.2) is 0 Å². The van der Waals surface area contributed by atoms with Gasteiger partial charge in [0.2, 0.25) is 0 Å². The van der Waals surface area contributed by atoms with E-state index < -0.39 is 0 Å². The molecule has 96 valence electrons. The van der Waals surface area contributed by atoms with Gasteiger partial charge in [-0.1, -0.05) is 24.3 Å². The maximum atomic E-state index is 10.7. The number of morpholine rings is 1. The Morgan fingerprint density at radius 3 is 2.83 bits per heavy atom. The number of fused-ring (bicyclic) bond motifs is 1. The van der Waals surface area contributed by atoms with Crippen molar-refractivity contribution in [2.45, 2.75) is 18.6 Å². The highest BCUT2D eigenvalue weighted by atomic mass is 16.5. The van der Waals surface area contributed by atoms with Gasteiger partial charge in [0.1, 0.15) is 6.10 Å². The van der Waals surface area contributed by atoms with Gasteiger partial charge in [-0.15, -0.1) is 0 Å². The molecule has 1 aliphatic carbocycles. The van der Waals surface area contributed by atoms with Crippen LogP contribution in [0.4, 0.5) is 0 Å². The number of nitrogens with zero attached hydrogens (tertiary/aromatic N) is 1. The van der Waals surface area contributed by atoms with Crippen molar-refractivity contribution >= 4 is 6.47 Å². The fourth-order valence-electron chi connectivity index (χ4n) is 2.99. The van der Waals surface area contributed by atoms with Gasteiger partial charge in [0.25, 0.3) is 6.47 Å². The van der Waals surface area contributed by atoms with Crippen LogP contribution in [0.1, 0.15) is 17.2 Å². The topological polar surface area (TPSA) is 38.8 Å². The van der Waals surface area contributed by atoms with E-state index in [1.165, 1.54) is 5.56 Å². The van der Waals surface area contributed by atoms with Crippen LogP contribution in [0, 0.1) is 0 Å². The van der Waals surface area contributed by atoms with Gasteiger partial charge in [0.05, 0.1) is 19.3 Å².